The summed E-state index contributed by atoms with van der Waals surface area (Å²) >= 11 is 1.45. The summed E-state index contributed by atoms with van der Waals surface area (Å²) in [4.78, 5) is 32.9. The number of carbonyl (C=O) groups is 1. The number of nitrogens with zero attached hydrogens (tertiary/aromatic N) is 3. The van der Waals surface area contributed by atoms with Crippen molar-refractivity contribution in [2.75, 3.05) is 13.1 Å². The molecule has 0 unspecified atom stereocenters. The first-order chi connectivity index (χ1) is 13.8. The van der Waals surface area contributed by atoms with Crippen LogP contribution in [0.4, 0.5) is 0 Å². The van der Waals surface area contributed by atoms with Crippen molar-refractivity contribution in [3.63, 3.8) is 0 Å². The molecular formula is C22H25N3O3S. The van der Waals surface area contributed by atoms with Crippen molar-refractivity contribution in [2.24, 2.45) is 0 Å². The summed E-state index contributed by atoms with van der Waals surface area (Å²) in [7, 11) is 0. The number of rotatable bonds is 3. The molecule has 1 fully saturated rings. The van der Waals surface area contributed by atoms with Crippen molar-refractivity contribution in [1.29, 1.82) is 0 Å². The van der Waals surface area contributed by atoms with Gasteiger partial charge in [0.25, 0.3) is 5.56 Å². The summed E-state index contributed by atoms with van der Waals surface area (Å²) < 4.78 is 7.12. The quantitative estimate of drug-likeness (QED) is 0.663. The van der Waals surface area contributed by atoms with E-state index < -0.39 is 0 Å². The van der Waals surface area contributed by atoms with Gasteiger partial charge in [0.05, 0.1) is 23.9 Å². The van der Waals surface area contributed by atoms with Gasteiger partial charge in [-0.3, -0.25) is 14.2 Å². The molecule has 1 aliphatic heterocycles. The predicted octanol–water partition coefficient (Wildman–Crippen LogP) is 3.38. The van der Waals surface area contributed by atoms with E-state index in [-0.39, 0.29) is 30.2 Å². The SMILES string of the molecule is Cc1ccc(-c2csc3ncn(CC(=O)N4C[C@@H](C)O[C@@H](C)C4)c(=O)c23)cc1C. The Kier molecular flexibility index (Phi) is 5.27. The second-order valence-corrected chi connectivity index (χ2v) is 8.72. The topological polar surface area (TPSA) is 64.4 Å². The maximum absolute atomic E-state index is 13.2. The molecule has 1 aromatic carbocycles. The summed E-state index contributed by atoms with van der Waals surface area (Å²) in [5.41, 5.74) is 4.09. The van der Waals surface area contributed by atoms with Crippen LogP contribution in [0.2, 0.25) is 0 Å². The first-order valence-corrected chi connectivity index (χ1v) is 10.7. The fourth-order valence-corrected chi connectivity index (χ4v) is 4.74. The molecule has 0 bridgehead atoms. The lowest BCUT2D eigenvalue weighted by atomic mass is 10.0. The minimum atomic E-state index is -0.174. The summed E-state index contributed by atoms with van der Waals surface area (Å²) in [6.07, 6.45) is 1.47. The molecule has 1 saturated heterocycles. The van der Waals surface area contributed by atoms with Crippen LogP contribution in [-0.2, 0) is 16.1 Å². The molecule has 3 aromatic rings. The zero-order chi connectivity index (χ0) is 20.7. The minimum absolute atomic E-state index is 0.00622. The predicted molar refractivity (Wildman–Crippen MR) is 115 cm³/mol. The van der Waals surface area contributed by atoms with Crippen LogP contribution < -0.4 is 5.56 Å². The fraction of sp³-hybridized carbons (Fsp3) is 0.409. The van der Waals surface area contributed by atoms with Gasteiger partial charge in [-0.2, -0.15) is 0 Å². The molecule has 0 N–H and O–H groups in total. The third-order valence-corrected chi connectivity index (χ3v) is 6.34. The molecule has 2 atom stereocenters. The van der Waals surface area contributed by atoms with Crippen molar-refractivity contribution >= 4 is 27.5 Å². The summed E-state index contributed by atoms with van der Waals surface area (Å²) in [5, 5.41) is 2.55. The van der Waals surface area contributed by atoms with Crippen molar-refractivity contribution in [2.45, 2.75) is 46.4 Å². The van der Waals surface area contributed by atoms with Gasteiger partial charge in [0.2, 0.25) is 5.91 Å². The maximum atomic E-state index is 13.2. The van der Waals surface area contributed by atoms with Gasteiger partial charge in [0.15, 0.2) is 0 Å². The van der Waals surface area contributed by atoms with E-state index in [1.807, 2.05) is 25.3 Å². The number of morpholine rings is 1. The fourth-order valence-electron chi connectivity index (χ4n) is 3.83. The highest BCUT2D eigenvalue weighted by Crippen LogP contribution is 2.31. The number of amides is 1. The van der Waals surface area contributed by atoms with Crippen LogP contribution in [0.5, 0.6) is 0 Å². The van der Waals surface area contributed by atoms with Gasteiger partial charge in [0, 0.05) is 24.0 Å². The molecule has 29 heavy (non-hydrogen) atoms. The zero-order valence-electron chi connectivity index (χ0n) is 17.1. The Morgan fingerprint density at radius 1 is 1.21 bits per heavy atom. The molecule has 0 radical (unpaired) electrons. The van der Waals surface area contributed by atoms with E-state index in [1.54, 1.807) is 4.90 Å². The van der Waals surface area contributed by atoms with Crippen molar-refractivity contribution in [3.05, 3.63) is 51.4 Å². The van der Waals surface area contributed by atoms with E-state index in [0.29, 0.717) is 23.3 Å². The van der Waals surface area contributed by atoms with Crippen LogP contribution in [0.25, 0.3) is 21.3 Å². The number of aryl methyl sites for hydroxylation is 2. The first kappa shape index (κ1) is 19.8. The molecule has 152 valence electrons. The third kappa shape index (κ3) is 3.84. The maximum Gasteiger partial charge on any atom is 0.263 e. The number of aromatic nitrogens is 2. The normalized spacial score (nSPS) is 19.7. The highest BCUT2D eigenvalue weighted by atomic mass is 32.1. The van der Waals surface area contributed by atoms with E-state index in [1.165, 1.54) is 33.4 Å². The molecule has 3 heterocycles. The van der Waals surface area contributed by atoms with Gasteiger partial charge in [-0.1, -0.05) is 18.2 Å². The lowest BCUT2D eigenvalue weighted by Crippen LogP contribution is -2.49. The van der Waals surface area contributed by atoms with Crippen LogP contribution >= 0.6 is 11.3 Å². The van der Waals surface area contributed by atoms with E-state index in [0.717, 1.165) is 11.1 Å². The second-order valence-electron chi connectivity index (χ2n) is 7.86. The van der Waals surface area contributed by atoms with Gasteiger partial charge >= 0.3 is 0 Å². The van der Waals surface area contributed by atoms with E-state index in [9.17, 15) is 9.59 Å². The second kappa shape index (κ2) is 7.72. The van der Waals surface area contributed by atoms with E-state index in [4.69, 9.17) is 4.74 Å². The van der Waals surface area contributed by atoms with Gasteiger partial charge in [0.1, 0.15) is 11.4 Å². The lowest BCUT2D eigenvalue weighted by Gasteiger charge is -2.35. The van der Waals surface area contributed by atoms with Crippen LogP contribution in [0.15, 0.2) is 34.7 Å². The number of hydrogen-bond donors (Lipinski definition) is 0. The smallest absolute Gasteiger partial charge is 0.263 e. The molecular weight excluding hydrogens is 386 g/mol. The zero-order valence-corrected chi connectivity index (χ0v) is 18.0. The summed E-state index contributed by atoms with van der Waals surface area (Å²) in [5.74, 6) is -0.0850. The molecule has 0 saturated carbocycles. The van der Waals surface area contributed by atoms with Crippen LogP contribution in [0.1, 0.15) is 25.0 Å². The Bertz CT molecular complexity index is 1120. The summed E-state index contributed by atoms with van der Waals surface area (Å²) in [6.45, 7) is 9.11. The molecule has 2 aromatic heterocycles. The number of benzene rings is 1. The Hall–Kier alpha value is -2.51. The number of hydrogen-bond acceptors (Lipinski definition) is 5. The highest BCUT2D eigenvalue weighted by Gasteiger charge is 2.26. The summed E-state index contributed by atoms with van der Waals surface area (Å²) in [6, 6.07) is 6.19. The monoisotopic (exact) mass is 411 g/mol. The Labute approximate surface area is 173 Å². The van der Waals surface area contributed by atoms with Gasteiger partial charge in [-0.05, 0) is 44.4 Å². The third-order valence-electron chi connectivity index (χ3n) is 5.46. The van der Waals surface area contributed by atoms with Crippen molar-refractivity contribution in [1.82, 2.24) is 14.5 Å². The standard InChI is InChI=1S/C22H25N3O3S/c1-13-5-6-17(7-14(13)2)18-11-29-21-20(18)22(27)25(12-23-21)10-19(26)24-8-15(3)28-16(4)9-24/h5-7,11-12,15-16H,8-10H2,1-4H3/t15-,16+. The van der Waals surface area contributed by atoms with Crippen molar-refractivity contribution < 1.29 is 9.53 Å². The lowest BCUT2D eigenvalue weighted by molar-refractivity contribution is -0.143. The number of thiophene rings is 1. The molecule has 6 nitrogen and oxygen atoms in total. The van der Waals surface area contributed by atoms with E-state index in [2.05, 4.69) is 31.0 Å². The van der Waals surface area contributed by atoms with Crippen LogP contribution in [-0.4, -0.2) is 45.7 Å². The Morgan fingerprint density at radius 3 is 2.62 bits per heavy atom. The molecule has 0 aliphatic carbocycles. The van der Waals surface area contributed by atoms with E-state index >= 15 is 0 Å². The molecule has 7 heteroatoms. The first-order valence-electron chi connectivity index (χ1n) is 9.81. The minimum Gasteiger partial charge on any atom is -0.372 e. The largest absolute Gasteiger partial charge is 0.372 e. The molecule has 1 amide bonds. The van der Waals surface area contributed by atoms with Gasteiger partial charge in [-0.25, -0.2) is 4.98 Å². The number of ether oxygens (including phenoxy) is 1. The Balaban J connectivity index is 1.68. The van der Waals surface area contributed by atoms with Crippen LogP contribution in [0.3, 0.4) is 0 Å². The van der Waals surface area contributed by atoms with Crippen LogP contribution in [0, 0.1) is 13.8 Å². The number of fused-ring (bicyclic) bond motifs is 1. The average molecular weight is 412 g/mol. The van der Waals surface area contributed by atoms with Gasteiger partial charge < -0.3 is 9.64 Å². The molecule has 1 aliphatic rings. The molecule has 0 spiro atoms. The highest BCUT2D eigenvalue weighted by molar-refractivity contribution is 7.17. The van der Waals surface area contributed by atoms with Crippen molar-refractivity contribution in [3.8, 4) is 11.1 Å². The van der Waals surface area contributed by atoms with Gasteiger partial charge in [-0.15, -0.1) is 11.3 Å². The Morgan fingerprint density at radius 2 is 1.93 bits per heavy atom. The molecule has 4 rings (SSSR count). The number of carbonyl (C=O) groups excluding carboxylic acids is 1. The average Bonchev–Trinajstić information content (AvgIpc) is 3.10.